The Labute approximate surface area is 134 Å². The van der Waals surface area contributed by atoms with Gasteiger partial charge in [-0.15, -0.1) is 11.0 Å². The third kappa shape index (κ3) is 15.2. The second-order valence-corrected chi connectivity index (χ2v) is 5.58. The van der Waals surface area contributed by atoms with Crippen LogP contribution in [0.25, 0.3) is 0 Å². The van der Waals surface area contributed by atoms with Crippen LogP contribution in [0.4, 0.5) is 9.59 Å². The van der Waals surface area contributed by atoms with Gasteiger partial charge in [-0.25, -0.2) is 9.59 Å². The predicted octanol–water partition coefficient (Wildman–Crippen LogP) is -0.305. The second kappa shape index (κ2) is 13.0. The number of nitrogens with two attached hydrogens (primary N) is 4. The van der Waals surface area contributed by atoms with Crippen LogP contribution >= 0.6 is 16.2 Å². The first kappa shape index (κ1) is 23.8. The Bertz CT molecular complexity index is 422. The maximum absolute atomic E-state index is 11.0. The summed E-state index contributed by atoms with van der Waals surface area (Å²) < 4.78 is 34.4. The third-order valence-corrected chi connectivity index (χ3v) is 2.61. The van der Waals surface area contributed by atoms with Gasteiger partial charge in [0.25, 0.3) is 0 Å². The smallest absolute Gasteiger partial charge is 0.447 e. The molecular weight excluding hydrogens is 354 g/mol. The summed E-state index contributed by atoms with van der Waals surface area (Å²) in [6.45, 7) is 0.0920. The first-order valence-corrected chi connectivity index (χ1v) is 8.63. The van der Waals surface area contributed by atoms with Gasteiger partial charge in [-0.2, -0.15) is 0 Å². The van der Waals surface area contributed by atoms with Crippen LogP contribution in [0.5, 0.6) is 0 Å². The van der Waals surface area contributed by atoms with E-state index in [0.29, 0.717) is 12.8 Å². The minimum absolute atomic E-state index is 0. The van der Waals surface area contributed by atoms with E-state index < -0.39 is 28.4 Å². The van der Waals surface area contributed by atoms with Crippen molar-refractivity contribution in [1.29, 1.82) is 0 Å². The van der Waals surface area contributed by atoms with Gasteiger partial charge in [0.05, 0.1) is 12.2 Å². The van der Waals surface area contributed by atoms with Crippen molar-refractivity contribution in [3.05, 3.63) is 0 Å². The van der Waals surface area contributed by atoms with Crippen molar-refractivity contribution >= 4 is 28.4 Å². The van der Waals surface area contributed by atoms with Gasteiger partial charge < -0.3 is 26.1 Å². The van der Waals surface area contributed by atoms with Gasteiger partial charge in [0, 0.05) is 0 Å². The van der Waals surface area contributed by atoms with Crippen molar-refractivity contribution in [2.24, 2.45) is 22.2 Å². The zero-order chi connectivity index (χ0) is 17.1. The van der Waals surface area contributed by atoms with Gasteiger partial charge in [-0.05, 0) is 22.0 Å². The van der Waals surface area contributed by atoms with Crippen LogP contribution in [0.1, 0.15) is 12.8 Å². The predicted molar refractivity (Wildman–Crippen MR) is 80.7 cm³/mol. The average Bonchev–Trinajstić information content (AvgIpc) is 2.80. The quantitative estimate of drug-likeness (QED) is 0.339. The number of carbonyl (C=O) groups excluding carboxylic acids is 2. The normalized spacial score (nSPS) is 19.3. The lowest BCUT2D eigenvalue weighted by atomic mass is 10.2. The van der Waals surface area contributed by atoms with E-state index in [2.05, 4.69) is 15.7 Å². The van der Waals surface area contributed by atoms with Crippen LogP contribution in [-0.2, 0) is 23.3 Å². The SMILES string of the molecule is N.NC(=O)OCC1CCC(COC(=O)N[P+](N)=O)O1.N[P+](N)=O. The number of primary amides is 1. The number of rotatable bonds is 5. The van der Waals surface area contributed by atoms with Crippen molar-refractivity contribution in [2.75, 3.05) is 13.2 Å². The molecule has 0 aromatic carbocycles. The Hall–Kier alpha value is -1.46. The molecule has 13 nitrogen and oxygen atoms in total. The van der Waals surface area contributed by atoms with Crippen LogP contribution < -0.4 is 33.5 Å². The van der Waals surface area contributed by atoms with Crippen LogP contribution in [0, 0.1) is 0 Å². The summed E-state index contributed by atoms with van der Waals surface area (Å²) in [6.07, 6.45) is -0.917. The van der Waals surface area contributed by atoms with Crippen molar-refractivity contribution in [2.45, 2.75) is 25.0 Å². The maximum Gasteiger partial charge on any atom is 0.564 e. The van der Waals surface area contributed by atoms with Gasteiger partial charge in [-0.1, -0.05) is 10.6 Å². The molecule has 0 radical (unpaired) electrons. The molecule has 0 spiro atoms. The van der Waals surface area contributed by atoms with Gasteiger partial charge in [0.1, 0.15) is 13.2 Å². The largest absolute Gasteiger partial charge is 0.564 e. The molecule has 15 heteroatoms. The molecule has 3 atom stereocenters. The topological polar surface area (TPSA) is 247 Å². The Morgan fingerprint density at radius 1 is 1.09 bits per heavy atom. The molecule has 0 aromatic rings. The van der Waals surface area contributed by atoms with Crippen LogP contribution in [0.2, 0.25) is 0 Å². The summed E-state index contributed by atoms with van der Waals surface area (Å²) in [5.41, 5.74) is 18.5. The molecule has 3 unspecified atom stereocenters. The lowest BCUT2D eigenvalue weighted by Crippen LogP contribution is -2.26. The first-order chi connectivity index (χ1) is 10.2. The molecule has 23 heavy (non-hydrogen) atoms. The summed E-state index contributed by atoms with van der Waals surface area (Å²) in [6, 6.07) is 0. The molecule has 1 saturated heterocycles. The number of hydrogen-bond acceptors (Lipinski definition) is 8. The number of hydrogen-bond donors (Lipinski definition) is 6. The highest BCUT2D eigenvalue weighted by atomic mass is 31.1. The average molecular weight is 376 g/mol. The van der Waals surface area contributed by atoms with E-state index in [-0.39, 0.29) is 31.6 Å². The molecule has 1 fully saturated rings. The van der Waals surface area contributed by atoms with Crippen LogP contribution in [-0.4, -0.2) is 37.6 Å². The molecular formula is C8H22N6O7P2+2. The number of ether oxygens (including phenoxy) is 3. The molecule has 1 aliphatic rings. The number of nitrogens with one attached hydrogen (secondary N) is 1. The first-order valence-electron chi connectivity index (χ1n) is 5.90. The van der Waals surface area contributed by atoms with E-state index in [9.17, 15) is 14.2 Å². The minimum Gasteiger partial charge on any atom is -0.447 e. The fourth-order valence-corrected chi connectivity index (χ4v) is 1.74. The number of carbonyl (C=O) groups is 2. The number of amides is 2. The molecule has 0 bridgehead atoms. The van der Waals surface area contributed by atoms with Crippen molar-refractivity contribution in [1.82, 2.24) is 11.2 Å². The fraction of sp³-hybridized carbons (Fsp3) is 0.750. The lowest BCUT2D eigenvalue weighted by molar-refractivity contribution is -0.0182. The maximum atomic E-state index is 11.0. The molecule has 1 heterocycles. The second-order valence-electron chi connectivity index (χ2n) is 3.98. The third-order valence-electron chi connectivity index (χ3n) is 2.21. The molecule has 2 amide bonds. The van der Waals surface area contributed by atoms with Gasteiger partial charge in [0.15, 0.2) is 0 Å². The molecule has 1 aliphatic heterocycles. The monoisotopic (exact) mass is 376 g/mol. The zero-order valence-electron chi connectivity index (χ0n) is 12.3. The summed E-state index contributed by atoms with van der Waals surface area (Å²) in [5.74, 6) is 0. The van der Waals surface area contributed by atoms with Gasteiger partial charge in [0.2, 0.25) is 0 Å². The van der Waals surface area contributed by atoms with E-state index >= 15 is 0 Å². The van der Waals surface area contributed by atoms with Crippen molar-refractivity contribution in [3.63, 3.8) is 0 Å². The Balaban J connectivity index is 0. The van der Waals surface area contributed by atoms with Gasteiger partial charge >= 0.3 is 28.4 Å². The molecule has 0 saturated carbocycles. The highest BCUT2D eigenvalue weighted by Crippen LogP contribution is 2.20. The lowest BCUT2D eigenvalue weighted by Gasteiger charge is -2.12. The summed E-state index contributed by atoms with van der Waals surface area (Å²) in [7, 11) is -4.14. The van der Waals surface area contributed by atoms with E-state index in [1.165, 1.54) is 0 Å². The van der Waals surface area contributed by atoms with E-state index in [1.54, 1.807) is 0 Å². The Morgan fingerprint density at radius 3 is 1.91 bits per heavy atom. The van der Waals surface area contributed by atoms with Crippen molar-refractivity contribution in [3.8, 4) is 0 Å². The highest BCUT2D eigenvalue weighted by Gasteiger charge is 2.27. The van der Waals surface area contributed by atoms with Crippen molar-refractivity contribution < 1.29 is 32.9 Å². The van der Waals surface area contributed by atoms with E-state index in [1.807, 2.05) is 5.09 Å². The molecule has 1 rings (SSSR count). The highest BCUT2D eigenvalue weighted by molar-refractivity contribution is 7.40. The fourth-order valence-electron chi connectivity index (χ4n) is 1.49. The minimum atomic E-state index is -2.27. The van der Waals surface area contributed by atoms with E-state index in [0.717, 1.165) is 0 Å². The summed E-state index contributed by atoms with van der Waals surface area (Å²) >= 11 is 0. The van der Waals surface area contributed by atoms with Crippen LogP contribution in [0.3, 0.4) is 0 Å². The summed E-state index contributed by atoms with van der Waals surface area (Å²) in [4.78, 5) is 21.4. The molecule has 0 aliphatic carbocycles. The zero-order valence-corrected chi connectivity index (χ0v) is 14.0. The standard InChI is InChI=1S/C8H14N3O6P.H4N2OP.H3N/c9-7(12)15-3-5-1-2-6(17-5)4-16-8(13)11-18(10)14;1-4(2)3;/h5-6H,1-4H2,(H4-,9,10,11,12,13,14);(H4,1,2,3);1H3/q;+1;/p+1. The van der Waals surface area contributed by atoms with E-state index in [4.69, 9.17) is 25.3 Å². The summed E-state index contributed by atoms with van der Waals surface area (Å²) in [5, 5.41) is 1.90. The molecule has 12 N–H and O–H groups in total. The van der Waals surface area contributed by atoms with Crippen LogP contribution in [0.15, 0.2) is 0 Å². The van der Waals surface area contributed by atoms with Gasteiger partial charge in [-0.3, -0.25) is 0 Å². The Kier molecular flexibility index (Phi) is 13.5. The Morgan fingerprint density at radius 2 is 1.52 bits per heavy atom. The molecule has 134 valence electrons. The molecule has 0 aromatic heterocycles.